The smallest absolute Gasteiger partial charge is 0.254 e. The summed E-state index contributed by atoms with van der Waals surface area (Å²) in [7, 11) is 0. The number of aliphatic hydroxyl groups excluding tert-OH is 1. The van der Waals surface area contributed by atoms with Gasteiger partial charge in [-0.05, 0) is 86.3 Å². The largest absolute Gasteiger partial charge is 0.391 e. The third-order valence-electron chi connectivity index (χ3n) is 8.72. The van der Waals surface area contributed by atoms with Crippen molar-refractivity contribution in [3.63, 3.8) is 0 Å². The number of aromatic nitrogens is 2. The summed E-state index contributed by atoms with van der Waals surface area (Å²) in [6.07, 6.45) is 9.50. The molecular weight excluding hydrogens is 471 g/mol. The Morgan fingerprint density at radius 3 is 2.50 bits per heavy atom. The Labute approximate surface area is 210 Å². The molecule has 5 aliphatic rings. The van der Waals surface area contributed by atoms with E-state index >= 15 is 0 Å². The Balaban J connectivity index is 1.14. The highest BCUT2D eigenvalue weighted by Crippen LogP contribution is 2.61. The minimum atomic E-state index is -0.358. The van der Waals surface area contributed by atoms with Crippen molar-refractivity contribution in [3.05, 3.63) is 51.4 Å². The van der Waals surface area contributed by atoms with E-state index in [2.05, 4.69) is 15.3 Å². The van der Waals surface area contributed by atoms with Crippen LogP contribution in [0.25, 0.3) is 0 Å². The first-order valence-corrected chi connectivity index (χ1v) is 13.1. The maximum atomic E-state index is 13.0. The van der Waals surface area contributed by atoms with Crippen LogP contribution in [-0.4, -0.2) is 45.1 Å². The number of aliphatic hydroxyl groups is 1. The van der Waals surface area contributed by atoms with Gasteiger partial charge in [0, 0.05) is 24.2 Å². The average Bonchev–Trinajstić information content (AvgIpc) is 2.82. The van der Waals surface area contributed by atoms with Gasteiger partial charge in [-0.15, -0.1) is 0 Å². The summed E-state index contributed by atoms with van der Waals surface area (Å²) in [5, 5.41) is 15.5. The number of benzene rings is 1. The second-order valence-electron chi connectivity index (χ2n) is 10.9. The van der Waals surface area contributed by atoms with Crippen molar-refractivity contribution in [1.29, 1.82) is 0 Å². The topological polar surface area (TPSA) is 78.4 Å². The van der Waals surface area contributed by atoms with E-state index in [9.17, 15) is 9.90 Å². The maximum Gasteiger partial charge on any atom is 0.254 e. The van der Waals surface area contributed by atoms with E-state index in [1.54, 1.807) is 29.4 Å². The highest BCUT2D eigenvalue weighted by molar-refractivity contribution is 6.42. The molecule has 0 radical (unpaired) electrons. The molecule has 6 nitrogen and oxygen atoms in total. The third-order valence-corrected chi connectivity index (χ3v) is 9.46. The van der Waals surface area contributed by atoms with E-state index in [0.717, 1.165) is 34.8 Å². The molecule has 1 aromatic carbocycles. The number of anilines is 1. The zero-order valence-electron chi connectivity index (χ0n) is 19.1. The molecule has 8 heteroatoms. The van der Waals surface area contributed by atoms with E-state index in [1.807, 2.05) is 0 Å². The highest BCUT2D eigenvalue weighted by atomic mass is 35.5. The van der Waals surface area contributed by atoms with Gasteiger partial charge in [0.25, 0.3) is 5.91 Å². The molecular formula is C26H30Cl2N4O2. The number of hydrogen-bond acceptors (Lipinski definition) is 5. The highest BCUT2D eigenvalue weighted by Gasteiger charge is 2.53. The van der Waals surface area contributed by atoms with Crippen LogP contribution in [0.15, 0.2) is 24.5 Å². The molecule has 1 aromatic heterocycles. The summed E-state index contributed by atoms with van der Waals surface area (Å²) in [6.45, 7) is 1.51. The van der Waals surface area contributed by atoms with Crippen LogP contribution < -0.4 is 5.32 Å². The van der Waals surface area contributed by atoms with Gasteiger partial charge in [-0.25, -0.2) is 9.97 Å². The van der Waals surface area contributed by atoms with Crippen LogP contribution in [0.5, 0.6) is 0 Å². The van der Waals surface area contributed by atoms with Gasteiger partial charge in [-0.3, -0.25) is 4.79 Å². The normalized spacial score (nSPS) is 30.2. The van der Waals surface area contributed by atoms with Crippen molar-refractivity contribution in [1.82, 2.24) is 14.9 Å². The van der Waals surface area contributed by atoms with Crippen molar-refractivity contribution < 1.29 is 9.90 Å². The van der Waals surface area contributed by atoms with Crippen LogP contribution in [-0.2, 0) is 13.0 Å². The molecule has 4 saturated carbocycles. The van der Waals surface area contributed by atoms with Crippen molar-refractivity contribution in [2.75, 3.05) is 18.4 Å². The zero-order valence-corrected chi connectivity index (χ0v) is 20.7. The molecule has 0 saturated heterocycles. The molecule has 1 aliphatic heterocycles. The summed E-state index contributed by atoms with van der Waals surface area (Å²) in [5.41, 5.74) is 2.49. The molecule has 1 unspecified atom stereocenters. The van der Waals surface area contributed by atoms with Gasteiger partial charge >= 0.3 is 0 Å². The first-order valence-electron chi connectivity index (χ1n) is 12.4. The van der Waals surface area contributed by atoms with Gasteiger partial charge in [-0.1, -0.05) is 23.2 Å². The van der Waals surface area contributed by atoms with E-state index in [4.69, 9.17) is 23.2 Å². The standard InChI is InChI=1S/C26H30Cl2N4O2/c27-20-2-1-18(8-21(20)28)25(34)32-4-3-19-22(13-32)30-14-31-24(19)29-12-23(33)26-9-15-5-16(10-26)7-17(6-15)11-26/h1-2,8,14-17,23,33H,3-7,9-13H2,(H,29,30,31). The van der Waals surface area contributed by atoms with Crippen LogP contribution in [0.1, 0.15) is 60.1 Å². The predicted molar refractivity (Wildman–Crippen MR) is 132 cm³/mol. The molecule has 0 spiro atoms. The fourth-order valence-corrected chi connectivity index (χ4v) is 7.79. The Morgan fingerprint density at radius 1 is 1.12 bits per heavy atom. The first kappa shape index (κ1) is 22.6. The van der Waals surface area contributed by atoms with Gasteiger partial charge in [0.1, 0.15) is 12.1 Å². The van der Waals surface area contributed by atoms with Crippen LogP contribution >= 0.6 is 23.2 Å². The average molecular weight is 501 g/mol. The number of carbonyl (C=O) groups excluding carboxylic acids is 1. The molecule has 4 fully saturated rings. The first-order chi connectivity index (χ1) is 16.4. The van der Waals surface area contributed by atoms with E-state index in [1.165, 1.54) is 38.5 Å². The van der Waals surface area contributed by atoms with E-state index in [-0.39, 0.29) is 17.4 Å². The van der Waals surface area contributed by atoms with Crippen LogP contribution in [0.2, 0.25) is 10.0 Å². The second kappa shape index (κ2) is 8.65. The number of carbonyl (C=O) groups is 1. The van der Waals surface area contributed by atoms with Crippen molar-refractivity contribution in [2.24, 2.45) is 23.2 Å². The fourth-order valence-electron chi connectivity index (χ4n) is 7.49. The number of hydrogen-bond donors (Lipinski definition) is 2. The summed E-state index contributed by atoms with van der Waals surface area (Å²) in [5.74, 6) is 3.13. The van der Waals surface area contributed by atoms with Gasteiger partial charge in [0.15, 0.2) is 0 Å². The molecule has 2 N–H and O–H groups in total. The van der Waals surface area contributed by atoms with Gasteiger partial charge < -0.3 is 15.3 Å². The van der Waals surface area contributed by atoms with Crippen LogP contribution in [0.4, 0.5) is 5.82 Å². The number of nitrogens with one attached hydrogen (secondary N) is 1. The summed E-state index contributed by atoms with van der Waals surface area (Å²) in [6, 6.07) is 4.96. The lowest BCUT2D eigenvalue weighted by atomic mass is 9.48. The van der Waals surface area contributed by atoms with Crippen LogP contribution in [0.3, 0.4) is 0 Å². The Morgan fingerprint density at radius 2 is 1.82 bits per heavy atom. The Bertz CT molecular complexity index is 1090. The minimum Gasteiger partial charge on any atom is -0.391 e. The van der Waals surface area contributed by atoms with Gasteiger partial charge in [-0.2, -0.15) is 0 Å². The fraction of sp³-hybridized carbons (Fsp3) is 0.577. The monoisotopic (exact) mass is 500 g/mol. The molecule has 4 bridgehead atoms. The Hall–Kier alpha value is -1.89. The van der Waals surface area contributed by atoms with Gasteiger partial charge in [0.2, 0.25) is 0 Å². The molecule has 4 aliphatic carbocycles. The van der Waals surface area contributed by atoms with Gasteiger partial charge in [0.05, 0.1) is 28.4 Å². The minimum absolute atomic E-state index is 0.0813. The molecule has 1 atom stereocenters. The number of fused-ring (bicyclic) bond motifs is 1. The number of rotatable bonds is 5. The summed E-state index contributed by atoms with van der Waals surface area (Å²) < 4.78 is 0. The quantitative estimate of drug-likeness (QED) is 0.605. The molecule has 2 heterocycles. The molecule has 180 valence electrons. The lowest BCUT2D eigenvalue weighted by Gasteiger charge is -2.58. The predicted octanol–water partition coefficient (Wildman–Crippen LogP) is 4.97. The van der Waals surface area contributed by atoms with E-state index in [0.29, 0.717) is 41.7 Å². The molecule has 34 heavy (non-hydrogen) atoms. The Kier molecular flexibility index (Phi) is 5.74. The van der Waals surface area contributed by atoms with E-state index < -0.39 is 0 Å². The molecule has 1 amide bonds. The van der Waals surface area contributed by atoms with Crippen molar-refractivity contribution in [3.8, 4) is 0 Å². The third kappa shape index (κ3) is 3.98. The van der Waals surface area contributed by atoms with Crippen LogP contribution in [0, 0.1) is 23.2 Å². The zero-order chi connectivity index (χ0) is 23.4. The molecule has 7 rings (SSSR count). The second-order valence-corrected chi connectivity index (χ2v) is 11.7. The number of amides is 1. The van der Waals surface area contributed by atoms with Crippen molar-refractivity contribution in [2.45, 2.75) is 57.6 Å². The number of nitrogens with zero attached hydrogens (tertiary/aromatic N) is 3. The maximum absolute atomic E-state index is 13.0. The SMILES string of the molecule is O=C(c1ccc(Cl)c(Cl)c1)N1CCc2c(ncnc2NCC(O)C23CC4CC(CC(C4)C2)C3)C1. The van der Waals surface area contributed by atoms with Crippen molar-refractivity contribution >= 4 is 34.9 Å². The molecule has 2 aromatic rings. The number of halogens is 2. The summed E-state index contributed by atoms with van der Waals surface area (Å²) in [4.78, 5) is 23.7. The lowest BCUT2D eigenvalue weighted by molar-refractivity contribution is -0.115. The lowest BCUT2D eigenvalue weighted by Crippen LogP contribution is -2.53. The summed E-state index contributed by atoms with van der Waals surface area (Å²) >= 11 is 12.1.